The van der Waals surface area contributed by atoms with E-state index in [1.54, 1.807) is 22.1 Å². The molecule has 0 atom stereocenters. The summed E-state index contributed by atoms with van der Waals surface area (Å²) in [6, 6.07) is 8.47. The number of piperazine rings is 1. The Bertz CT molecular complexity index is 1020. The lowest BCUT2D eigenvalue weighted by Crippen LogP contribution is -2.46. The fourth-order valence-corrected chi connectivity index (χ4v) is 4.81. The lowest BCUT2D eigenvalue weighted by molar-refractivity contribution is 0.0728. The average molecular weight is 382 g/mol. The van der Waals surface area contributed by atoms with Gasteiger partial charge in [0, 0.05) is 42.2 Å². The van der Waals surface area contributed by atoms with E-state index in [1.165, 1.54) is 17.0 Å². The van der Waals surface area contributed by atoms with Crippen LogP contribution in [-0.2, 0) is 12.8 Å². The standard InChI is InChI=1S/C20H19FN4OS/c21-13-2-1-3-14(12-13)25-19-15-6-11-27-17(15)5-4-16(19)18(23-25)20(26)24-9-7-22-8-10-24/h1-3,6,11-12,22H,4-5,7-10H2. The predicted octanol–water partition coefficient (Wildman–Crippen LogP) is 2.88. The number of nitrogens with one attached hydrogen (secondary N) is 1. The summed E-state index contributed by atoms with van der Waals surface area (Å²) < 4.78 is 15.6. The molecule has 2 aromatic heterocycles. The van der Waals surface area contributed by atoms with Crippen molar-refractivity contribution in [2.24, 2.45) is 0 Å². The van der Waals surface area contributed by atoms with Crippen molar-refractivity contribution in [2.75, 3.05) is 26.2 Å². The van der Waals surface area contributed by atoms with Crippen molar-refractivity contribution in [3.05, 3.63) is 57.7 Å². The van der Waals surface area contributed by atoms with Crippen LogP contribution >= 0.6 is 11.3 Å². The van der Waals surface area contributed by atoms with E-state index in [2.05, 4.69) is 16.8 Å². The van der Waals surface area contributed by atoms with Gasteiger partial charge in [-0.15, -0.1) is 11.3 Å². The second kappa shape index (κ2) is 6.58. The fourth-order valence-electron chi connectivity index (χ4n) is 3.93. The van der Waals surface area contributed by atoms with Crippen molar-refractivity contribution < 1.29 is 9.18 Å². The maximum Gasteiger partial charge on any atom is 0.274 e. The van der Waals surface area contributed by atoms with Crippen molar-refractivity contribution in [3.63, 3.8) is 0 Å². The minimum absolute atomic E-state index is 0.0263. The van der Waals surface area contributed by atoms with Crippen LogP contribution in [0.3, 0.4) is 0 Å². The van der Waals surface area contributed by atoms with Gasteiger partial charge >= 0.3 is 0 Å². The molecule has 1 aliphatic heterocycles. The van der Waals surface area contributed by atoms with Gasteiger partial charge in [0.05, 0.1) is 11.4 Å². The molecule has 0 radical (unpaired) electrons. The van der Waals surface area contributed by atoms with Crippen molar-refractivity contribution >= 4 is 17.2 Å². The average Bonchev–Trinajstić information content (AvgIpc) is 3.32. The van der Waals surface area contributed by atoms with Gasteiger partial charge in [0.15, 0.2) is 5.69 Å². The summed E-state index contributed by atoms with van der Waals surface area (Å²) in [5.74, 6) is -0.338. The first-order valence-electron chi connectivity index (χ1n) is 9.17. The van der Waals surface area contributed by atoms with Crippen LogP contribution in [0, 0.1) is 5.82 Å². The highest BCUT2D eigenvalue weighted by Gasteiger charge is 2.31. The van der Waals surface area contributed by atoms with Crippen LogP contribution in [0.4, 0.5) is 4.39 Å². The topological polar surface area (TPSA) is 50.2 Å². The van der Waals surface area contributed by atoms with Crippen LogP contribution in [-0.4, -0.2) is 46.8 Å². The summed E-state index contributed by atoms with van der Waals surface area (Å²) in [7, 11) is 0. The molecule has 138 valence electrons. The quantitative estimate of drug-likeness (QED) is 0.742. The Labute approximate surface area is 160 Å². The van der Waals surface area contributed by atoms with Gasteiger partial charge < -0.3 is 10.2 Å². The van der Waals surface area contributed by atoms with Crippen LogP contribution in [0.25, 0.3) is 16.9 Å². The molecule has 0 spiro atoms. The lowest BCUT2D eigenvalue weighted by atomic mass is 9.94. The molecule has 1 N–H and O–H groups in total. The maximum absolute atomic E-state index is 13.9. The van der Waals surface area contributed by atoms with Gasteiger partial charge in [0.2, 0.25) is 0 Å². The molecule has 3 aromatic rings. The highest BCUT2D eigenvalue weighted by Crippen LogP contribution is 2.39. The lowest BCUT2D eigenvalue weighted by Gasteiger charge is -2.27. The number of thiophene rings is 1. The van der Waals surface area contributed by atoms with Gasteiger partial charge in [-0.05, 0) is 42.5 Å². The third-order valence-corrected chi connectivity index (χ3v) is 6.23. The second-order valence-electron chi connectivity index (χ2n) is 6.87. The third-order valence-electron chi connectivity index (χ3n) is 5.25. The minimum atomic E-state index is -0.312. The van der Waals surface area contributed by atoms with Crippen LogP contribution in [0.1, 0.15) is 20.9 Å². The summed E-state index contributed by atoms with van der Waals surface area (Å²) in [5.41, 5.74) is 4.17. The van der Waals surface area contributed by atoms with Crippen LogP contribution < -0.4 is 5.32 Å². The number of nitrogens with zero attached hydrogens (tertiary/aromatic N) is 3. The number of aryl methyl sites for hydroxylation is 1. The van der Waals surface area contributed by atoms with Gasteiger partial charge in [-0.2, -0.15) is 5.10 Å². The predicted molar refractivity (Wildman–Crippen MR) is 103 cm³/mol. The number of aromatic nitrogens is 2. The first-order valence-corrected chi connectivity index (χ1v) is 10.0. The van der Waals surface area contributed by atoms with Gasteiger partial charge in [-0.25, -0.2) is 9.07 Å². The largest absolute Gasteiger partial charge is 0.335 e. The maximum atomic E-state index is 13.9. The van der Waals surface area contributed by atoms with E-state index in [4.69, 9.17) is 5.10 Å². The Kier molecular flexibility index (Phi) is 4.06. The molecule has 0 unspecified atom stereocenters. The molecule has 27 heavy (non-hydrogen) atoms. The number of fused-ring (bicyclic) bond motifs is 3. The molecule has 1 aromatic carbocycles. The van der Waals surface area contributed by atoms with E-state index < -0.39 is 0 Å². The van der Waals surface area contributed by atoms with Crippen LogP contribution in [0.5, 0.6) is 0 Å². The first kappa shape index (κ1) is 16.6. The summed E-state index contributed by atoms with van der Waals surface area (Å²) in [6.07, 6.45) is 1.70. The summed E-state index contributed by atoms with van der Waals surface area (Å²) in [6.45, 7) is 2.97. The smallest absolute Gasteiger partial charge is 0.274 e. The van der Waals surface area contributed by atoms with Crippen molar-refractivity contribution in [1.82, 2.24) is 20.0 Å². The molecular weight excluding hydrogens is 363 g/mol. The zero-order valence-electron chi connectivity index (χ0n) is 14.7. The molecule has 3 heterocycles. The molecule has 7 heteroatoms. The van der Waals surface area contributed by atoms with Gasteiger partial charge in [-0.1, -0.05) is 6.07 Å². The molecule has 1 amide bonds. The monoisotopic (exact) mass is 382 g/mol. The van der Waals surface area contributed by atoms with Gasteiger partial charge in [0.1, 0.15) is 5.82 Å². The summed E-state index contributed by atoms with van der Waals surface area (Å²) in [4.78, 5) is 16.3. The number of amides is 1. The Morgan fingerprint density at radius 2 is 2.04 bits per heavy atom. The highest BCUT2D eigenvalue weighted by molar-refractivity contribution is 7.10. The fraction of sp³-hybridized carbons (Fsp3) is 0.300. The van der Waals surface area contributed by atoms with Crippen LogP contribution in [0.2, 0.25) is 0 Å². The van der Waals surface area contributed by atoms with Crippen molar-refractivity contribution in [2.45, 2.75) is 12.8 Å². The number of carbonyl (C=O) groups excluding carboxylic acids is 1. The Morgan fingerprint density at radius 3 is 2.85 bits per heavy atom. The normalized spacial score (nSPS) is 16.1. The zero-order valence-corrected chi connectivity index (χ0v) is 15.6. The van der Waals surface area contributed by atoms with E-state index in [0.717, 1.165) is 42.8 Å². The van der Waals surface area contributed by atoms with E-state index >= 15 is 0 Å². The number of rotatable bonds is 2. The Morgan fingerprint density at radius 1 is 1.19 bits per heavy atom. The van der Waals surface area contributed by atoms with E-state index in [1.807, 2.05) is 11.0 Å². The summed E-state index contributed by atoms with van der Waals surface area (Å²) >= 11 is 1.72. The van der Waals surface area contributed by atoms with Crippen molar-refractivity contribution in [3.8, 4) is 16.9 Å². The number of carbonyl (C=O) groups is 1. The minimum Gasteiger partial charge on any atom is -0.335 e. The summed E-state index contributed by atoms with van der Waals surface area (Å²) in [5, 5.41) is 10.0. The van der Waals surface area contributed by atoms with E-state index in [9.17, 15) is 9.18 Å². The molecule has 0 saturated carbocycles. The molecule has 5 rings (SSSR count). The Balaban J connectivity index is 1.68. The first-order chi connectivity index (χ1) is 13.2. The third kappa shape index (κ3) is 2.78. The molecule has 0 bridgehead atoms. The zero-order chi connectivity index (χ0) is 18.4. The molecular formula is C20H19FN4OS. The number of hydrogen-bond acceptors (Lipinski definition) is 4. The van der Waals surface area contributed by atoms with Crippen molar-refractivity contribution in [1.29, 1.82) is 0 Å². The van der Waals surface area contributed by atoms with Gasteiger partial charge in [-0.3, -0.25) is 4.79 Å². The van der Waals surface area contributed by atoms with E-state index in [0.29, 0.717) is 24.5 Å². The molecule has 1 aliphatic carbocycles. The van der Waals surface area contributed by atoms with Crippen LogP contribution in [0.15, 0.2) is 35.7 Å². The SMILES string of the molecule is O=C(c1nn(-c2cccc(F)c2)c2c1CCc1sccc1-2)N1CCNCC1. The molecule has 5 nitrogen and oxygen atoms in total. The van der Waals surface area contributed by atoms with E-state index in [-0.39, 0.29) is 11.7 Å². The van der Waals surface area contributed by atoms with Gasteiger partial charge in [0.25, 0.3) is 5.91 Å². The molecule has 1 fully saturated rings. The molecule has 1 saturated heterocycles. The number of benzene rings is 1. The number of halogens is 1. The molecule has 2 aliphatic rings. The highest BCUT2D eigenvalue weighted by atomic mass is 32.1. The second-order valence-corrected chi connectivity index (χ2v) is 7.87. The number of hydrogen-bond donors (Lipinski definition) is 1. The Hall–Kier alpha value is -2.51.